The van der Waals surface area contributed by atoms with Crippen LogP contribution in [0.5, 0.6) is 0 Å². The van der Waals surface area contributed by atoms with Gasteiger partial charge in [-0.1, -0.05) is 19.8 Å². The van der Waals surface area contributed by atoms with Crippen LogP contribution in [0.15, 0.2) is 10.8 Å². The summed E-state index contributed by atoms with van der Waals surface area (Å²) in [7, 11) is 0. The standard InChI is InChI=1S/C14H19NO3S/c1-9-4-3-5-14(6-9,13(17)18)15-12(16)11-8-19-7-10(11)2/h7-9H,3-6H2,1-2H3,(H,15,16)(H,17,18). The number of amides is 1. The molecule has 0 saturated heterocycles. The number of carbonyl (C=O) groups is 2. The smallest absolute Gasteiger partial charge is 0.329 e. The Morgan fingerprint density at radius 3 is 2.74 bits per heavy atom. The van der Waals surface area contributed by atoms with Crippen LogP contribution in [0.2, 0.25) is 0 Å². The molecule has 0 spiro atoms. The topological polar surface area (TPSA) is 66.4 Å². The summed E-state index contributed by atoms with van der Waals surface area (Å²) < 4.78 is 0. The molecule has 1 aliphatic carbocycles. The number of hydrogen-bond donors (Lipinski definition) is 2. The molecule has 2 atom stereocenters. The molecule has 19 heavy (non-hydrogen) atoms. The van der Waals surface area contributed by atoms with E-state index in [4.69, 9.17) is 0 Å². The van der Waals surface area contributed by atoms with Gasteiger partial charge in [0.2, 0.25) is 0 Å². The number of aliphatic carboxylic acids is 1. The van der Waals surface area contributed by atoms with Crippen LogP contribution < -0.4 is 5.32 Å². The summed E-state index contributed by atoms with van der Waals surface area (Å²) in [6.07, 6.45) is 2.90. The maximum atomic E-state index is 12.2. The maximum Gasteiger partial charge on any atom is 0.329 e. The number of aryl methyl sites for hydroxylation is 1. The molecule has 0 radical (unpaired) electrons. The van der Waals surface area contributed by atoms with E-state index in [1.807, 2.05) is 19.2 Å². The van der Waals surface area contributed by atoms with Crippen LogP contribution in [0.3, 0.4) is 0 Å². The summed E-state index contributed by atoms with van der Waals surface area (Å²) >= 11 is 1.46. The second-order valence-electron chi connectivity index (χ2n) is 5.51. The lowest BCUT2D eigenvalue weighted by molar-refractivity contribution is -0.146. The van der Waals surface area contributed by atoms with Gasteiger partial charge in [0.25, 0.3) is 5.91 Å². The molecule has 5 heteroatoms. The molecule has 1 aromatic heterocycles. The van der Waals surface area contributed by atoms with E-state index in [0.717, 1.165) is 18.4 Å². The minimum absolute atomic E-state index is 0.268. The Morgan fingerprint density at radius 2 is 2.21 bits per heavy atom. The summed E-state index contributed by atoms with van der Waals surface area (Å²) in [4.78, 5) is 23.8. The number of carbonyl (C=O) groups excluding carboxylic acids is 1. The zero-order valence-corrected chi connectivity index (χ0v) is 12.0. The molecule has 2 unspecified atom stereocenters. The lowest BCUT2D eigenvalue weighted by Crippen LogP contribution is -2.56. The van der Waals surface area contributed by atoms with Gasteiger partial charge in [0.1, 0.15) is 5.54 Å². The van der Waals surface area contributed by atoms with E-state index in [9.17, 15) is 14.7 Å². The summed E-state index contributed by atoms with van der Waals surface area (Å²) in [6.45, 7) is 3.90. The van der Waals surface area contributed by atoms with E-state index in [1.54, 1.807) is 5.38 Å². The molecule has 0 aliphatic heterocycles. The van der Waals surface area contributed by atoms with Crippen molar-refractivity contribution in [3.8, 4) is 0 Å². The normalized spacial score (nSPS) is 26.9. The van der Waals surface area contributed by atoms with Crippen LogP contribution in [0.1, 0.15) is 48.5 Å². The van der Waals surface area contributed by atoms with Gasteiger partial charge in [0.15, 0.2) is 0 Å². The Morgan fingerprint density at radius 1 is 1.47 bits per heavy atom. The monoisotopic (exact) mass is 281 g/mol. The lowest BCUT2D eigenvalue weighted by atomic mass is 9.76. The number of carboxylic acid groups (broad SMARTS) is 1. The van der Waals surface area contributed by atoms with Gasteiger partial charge in [-0.05, 0) is 36.6 Å². The van der Waals surface area contributed by atoms with Crippen molar-refractivity contribution in [2.24, 2.45) is 5.92 Å². The van der Waals surface area contributed by atoms with Crippen molar-refractivity contribution in [1.29, 1.82) is 0 Å². The number of hydrogen-bond acceptors (Lipinski definition) is 3. The van der Waals surface area contributed by atoms with Crippen molar-refractivity contribution in [1.82, 2.24) is 5.32 Å². The minimum atomic E-state index is -1.09. The van der Waals surface area contributed by atoms with Gasteiger partial charge in [-0.2, -0.15) is 11.3 Å². The van der Waals surface area contributed by atoms with Gasteiger partial charge < -0.3 is 10.4 Å². The van der Waals surface area contributed by atoms with Gasteiger partial charge in [-0.3, -0.25) is 4.79 Å². The first-order valence-corrected chi connectivity index (χ1v) is 7.47. The molecule has 1 fully saturated rings. The molecule has 0 aromatic carbocycles. The first-order valence-electron chi connectivity index (χ1n) is 6.53. The second kappa shape index (κ2) is 5.33. The summed E-state index contributed by atoms with van der Waals surface area (Å²) in [6, 6.07) is 0. The third-order valence-corrected chi connectivity index (χ3v) is 4.72. The van der Waals surface area contributed by atoms with E-state index in [1.165, 1.54) is 11.3 Å². The molecule has 4 nitrogen and oxygen atoms in total. The molecular weight excluding hydrogens is 262 g/mol. The van der Waals surface area contributed by atoms with Crippen LogP contribution in [-0.4, -0.2) is 22.5 Å². The van der Waals surface area contributed by atoms with Gasteiger partial charge >= 0.3 is 5.97 Å². The summed E-state index contributed by atoms with van der Waals surface area (Å²) in [5.41, 5.74) is 0.388. The average Bonchev–Trinajstić information content (AvgIpc) is 2.75. The van der Waals surface area contributed by atoms with E-state index < -0.39 is 11.5 Å². The molecule has 1 aromatic rings. The zero-order chi connectivity index (χ0) is 14.0. The predicted octanol–water partition coefficient (Wildman–Crippen LogP) is 2.82. The van der Waals surface area contributed by atoms with Gasteiger partial charge in [-0.25, -0.2) is 4.79 Å². The first-order chi connectivity index (χ1) is 8.94. The molecule has 1 saturated carbocycles. The summed E-state index contributed by atoms with van der Waals surface area (Å²) in [5, 5.41) is 15.9. The average molecular weight is 281 g/mol. The van der Waals surface area contributed by atoms with E-state index in [0.29, 0.717) is 24.3 Å². The number of carboxylic acids is 1. The molecule has 0 bridgehead atoms. The van der Waals surface area contributed by atoms with Crippen molar-refractivity contribution in [2.75, 3.05) is 0 Å². The fraction of sp³-hybridized carbons (Fsp3) is 0.571. The van der Waals surface area contributed by atoms with Crippen LogP contribution >= 0.6 is 11.3 Å². The van der Waals surface area contributed by atoms with Gasteiger partial charge in [0, 0.05) is 5.38 Å². The van der Waals surface area contributed by atoms with E-state index in [-0.39, 0.29) is 5.91 Å². The van der Waals surface area contributed by atoms with E-state index in [2.05, 4.69) is 5.32 Å². The molecule has 104 valence electrons. The molecule has 1 heterocycles. The Balaban J connectivity index is 2.20. The number of nitrogens with one attached hydrogen (secondary N) is 1. The number of rotatable bonds is 3. The highest BCUT2D eigenvalue weighted by Gasteiger charge is 2.43. The fourth-order valence-electron chi connectivity index (χ4n) is 2.79. The van der Waals surface area contributed by atoms with Gasteiger partial charge in [-0.15, -0.1) is 0 Å². The quantitative estimate of drug-likeness (QED) is 0.895. The highest BCUT2D eigenvalue weighted by molar-refractivity contribution is 7.08. The van der Waals surface area contributed by atoms with Crippen molar-refractivity contribution in [3.05, 3.63) is 21.9 Å². The van der Waals surface area contributed by atoms with Gasteiger partial charge in [0.05, 0.1) is 5.56 Å². The SMILES string of the molecule is Cc1cscc1C(=O)NC1(C(=O)O)CCCC(C)C1. The van der Waals surface area contributed by atoms with Crippen LogP contribution in [0, 0.1) is 12.8 Å². The van der Waals surface area contributed by atoms with Crippen molar-refractivity contribution in [2.45, 2.75) is 45.1 Å². The Kier molecular flexibility index (Phi) is 3.94. The van der Waals surface area contributed by atoms with E-state index >= 15 is 0 Å². The van der Waals surface area contributed by atoms with Crippen molar-refractivity contribution < 1.29 is 14.7 Å². The molecular formula is C14H19NO3S. The van der Waals surface area contributed by atoms with Crippen molar-refractivity contribution in [3.63, 3.8) is 0 Å². The Bertz CT molecular complexity index is 497. The predicted molar refractivity (Wildman–Crippen MR) is 74.5 cm³/mol. The Hall–Kier alpha value is -1.36. The highest BCUT2D eigenvalue weighted by Crippen LogP contribution is 2.33. The highest BCUT2D eigenvalue weighted by atomic mass is 32.1. The van der Waals surface area contributed by atoms with Crippen LogP contribution in [-0.2, 0) is 4.79 Å². The van der Waals surface area contributed by atoms with Crippen LogP contribution in [0.4, 0.5) is 0 Å². The molecule has 2 rings (SSSR count). The summed E-state index contributed by atoms with van der Waals surface area (Å²) in [5.74, 6) is -0.857. The van der Waals surface area contributed by atoms with Crippen LogP contribution in [0.25, 0.3) is 0 Å². The Labute approximate surface area is 116 Å². The molecule has 1 amide bonds. The lowest BCUT2D eigenvalue weighted by Gasteiger charge is -2.37. The third kappa shape index (κ3) is 2.81. The van der Waals surface area contributed by atoms with Crippen molar-refractivity contribution >= 4 is 23.2 Å². The number of thiophene rings is 1. The third-order valence-electron chi connectivity index (χ3n) is 3.86. The zero-order valence-electron chi connectivity index (χ0n) is 11.2. The minimum Gasteiger partial charge on any atom is -0.480 e. The molecule has 2 N–H and O–H groups in total. The maximum absolute atomic E-state index is 12.2. The molecule has 1 aliphatic rings. The fourth-order valence-corrected chi connectivity index (χ4v) is 3.62. The second-order valence-corrected chi connectivity index (χ2v) is 6.25. The first kappa shape index (κ1) is 14.1. The largest absolute Gasteiger partial charge is 0.480 e.